The molecule has 0 spiro atoms. The van der Waals surface area contributed by atoms with Crippen molar-refractivity contribution in [2.75, 3.05) is 31.1 Å². The van der Waals surface area contributed by atoms with Crippen molar-refractivity contribution in [2.45, 2.75) is 25.6 Å². The lowest BCUT2D eigenvalue weighted by atomic mass is 9.95. The first-order valence-electron chi connectivity index (χ1n) is 13.2. The van der Waals surface area contributed by atoms with Crippen LogP contribution in [-0.4, -0.2) is 60.0 Å². The number of aromatic nitrogens is 1. The van der Waals surface area contributed by atoms with Crippen molar-refractivity contribution in [3.05, 3.63) is 89.0 Å². The topological polar surface area (TPSA) is 79.8 Å². The highest BCUT2D eigenvalue weighted by Crippen LogP contribution is 2.38. The second-order valence-corrected chi connectivity index (χ2v) is 10.7. The summed E-state index contributed by atoms with van der Waals surface area (Å²) in [5.74, 6) is -5.57. The summed E-state index contributed by atoms with van der Waals surface area (Å²) in [6.07, 6.45) is -1.05. The number of carbonyl (C=O) groups is 3. The maximum absolute atomic E-state index is 14.6. The number of anilines is 1. The Balaban J connectivity index is 1.50. The molecule has 1 atom stereocenters. The van der Waals surface area contributed by atoms with Crippen molar-refractivity contribution < 1.29 is 36.8 Å². The Morgan fingerprint density at radius 3 is 2.38 bits per heavy atom. The SMILES string of the molecule is O=C(c1ccc(Cl)cc1F)N1CC(=O)[N+](CC2CCN(c3ccncc3)CC2)(OC(=O)C(F)(F)F)c2ccccc2C1. The predicted molar refractivity (Wildman–Crippen MR) is 146 cm³/mol. The summed E-state index contributed by atoms with van der Waals surface area (Å²) in [6, 6.07) is 13.2. The number of hydrogen-bond acceptors (Lipinski definition) is 6. The van der Waals surface area contributed by atoms with E-state index in [9.17, 15) is 31.9 Å². The minimum Gasteiger partial charge on any atom is -0.371 e. The first-order valence-corrected chi connectivity index (χ1v) is 13.6. The molecule has 8 nitrogen and oxygen atoms in total. The molecule has 220 valence electrons. The van der Waals surface area contributed by atoms with E-state index in [1.165, 1.54) is 30.3 Å². The van der Waals surface area contributed by atoms with E-state index in [0.717, 1.165) is 16.7 Å². The molecule has 13 heteroatoms. The second kappa shape index (κ2) is 11.7. The van der Waals surface area contributed by atoms with Gasteiger partial charge >= 0.3 is 18.1 Å². The average Bonchev–Trinajstić information content (AvgIpc) is 3.07. The number of nitrogens with zero attached hydrogens (tertiary/aromatic N) is 4. The van der Waals surface area contributed by atoms with Gasteiger partial charge in [-0.15, -0.1) is 0 Å². The van der Waals surface area contributed by atoms with Gasteiger partial charge in [0.2, 0.25) is 0 Å². The molecule has 0 saturated carbocycles. The van der Waals surface area contributed by atoms with Crippen LogP contribution in [0.25, 0.3) is 0 Å². The van der Waals surface area contributed by atoms with Crippen molar-refractivity contribution in [3.8, 4) is 0 Å². The van der Waals surface area contributed by atoms with Gasteiger partial charge in [0.1, 0.15) is 18.9 Å². The highest BCUT2D eigenvalue weighted by atomic mass is 35.5. The smallest absolute Gasteiger partial charge is 0.371 e. The molecule has 2 aromatic carbocycles. The number of quaternary nitrogens is 1. The third-order valence-electron chi connectivity index (χ3n) is 7.55. The highest BCUT2D eigenvalue weighted by Gasteiger charge is 2.56. The number of piperidine rings is 1. The molecule has 42 heavy (non-hydrogen) atoms. The van der Waals surface area contributed by atoms with Gasteiger partial charge in [0, 0.05) is 53.7 Å². The van der Waals surface area contributed by atoms with Crippen LogP contribution in [0, 0.1) is 11.7 Å². The number of fused-ring (bicyclic) bond motifs is 1. The Hall–Kier alpha value is -4.03. The maximum Gasteiger partial charge on any atom is 0.497 e. The van der Waals surface area contributed by atoms with Crippen molar-refractivity contribution in [3.63, 3.8) is 0 Å². The third kappa shape index (κ3) is 5.95. The van der Waals surface area contributed by atoms with E-state index < -0.39 is 41.0 Å². The molecule has 2 amide bonds. The van der Waals surface area contributed by atoms with Crippen LogP contribution in [0.4, 0.5) is 28.9 Å². The first kappa shape index (κ1) is 29.5. The number of hydrogen-bond donors (Lipinski definition) is 0. The van der Waals surface area contributed by atoms with Crippen LogP contribution in [0.1, 0.15) is 28.8 Å². The first-order chi connectivity index (χ1) is 20.0. The average molecular weight is 606 g/mol. The van der Waals surface area contributed by atoms with Gasteiger partial charge in [-0.2, -0.15) is 13.2 Å². The number of para-hydroxylation sites is 1. The minimum atomic E-state index is -5.38. The summed E-state index contributed by atoms with van der Waals surface area (Å²) in [4.78, 5) is 52.0. The fourth-order valence-electron chi connectivity index (χ4n) is 5.47. The van der Waals surface area contributed by atoms with Gasteiger partial charge in [-0.3, -0.25) is 14.6 Å². The largest absolute Gasteiger partial charge is 0.497 e. The normalized spacial score (nSPS) is 19.7. The van der Waals surface area contributed by atoms with Crippen LogP contribution >= 0.6 is 11.6 Å². The van der Waals surface area contributed by atoms with Gasteiger partial charge < -0.3 is 9.80 Å². The number of alkyl halides is 3. The van der Waals surface area contributed by atoms with Crippen molar-refractivity contribution >= 4 is 40.8 Å². The Labute approximate surface area is 243 Å². The molecule has 1 aromatic heterocycles. The van der Waals surface area contributed by atoms with Crippen molar-refractivity contribution in [1.29, 1.82) is 0 Å². The fourth-order valence-corrected chi connectivity index (χ4v) is 5.63. The predicted octanol–water partition coefficient (Wildman–Crippen LogP) is 5.30. The second-order valence-electron chi connectivity index (χ2n) is 10.2. The van der Waals surface area contributed by atoms with Crippen LogP contribution in [-0.2, 0) is 21.0 Å². The van der Waals surface area contributed by atoms with Gasteiger partial charge in [-0.1, -0.05) is 29.8 Å². The van der Waals surface area contributed by atoms with E-state index in [4.69, 9.17) is 16.4 Å². The van der Waals surface area contributed by atoms with Crippen LogP contribution < -0.4 is 9.55 Å². The van der Waals surface area contributed by atoms with Gasteiger partial charge in [0.15, 0.2) is 5.69 Å². The maximum atomic E-state index is 14.6. The minimum absolute atomic E-state index is 0.0172. The molecule has 0 radical (unpaired) electrons. The zero-order valence-corrected chi connectivity index (χ0v) is 22.9. The Morgan fingerprint density at radius 2 is 1.71 bits per heavy atom. The highest BCUT2D eigenvalue weighted by molar-refractivity contribution is 6.30. The summed E-state index contributed by atoms with van der Waals surface area (Å²) >= 11 is 5.82. The standard InChI is InChI=1S/C29H26ClF4N4O4/c30-21-5-6-23(24(31)15-21)27(40)37-16-20-3-1-2-4-25(20)38(26(39)17-37,42-28(41)29(32,33)34)18-19-9-13-36(14-10-19)22-7-11-35-12-8-22/h1-8,11-12,15,19H,9-10,13-14,16-18H2/q+1. The molecule has 5 rings (SSSR count). The van der Waals surface area contributed by atoms with Crippen LogP contribution in [0.3, 0.4) is 0 Å². The molecule has 3 aromatic rings. The van der Waals surface area contributed by atoms with Gasteiger partial charge in [0.25, 0.3) is 5.91 Å². The van der Waals surface area contributed by atoms with Crippen molar-refractivity contribution in [2.24, 2.45) is 5.92 Å². The van der Waals surface area contributed by atoms with Crippen molar-refractivity contribution in [1.82, 2.24) is 14.5 Å². The van der Waals surface area contributed by atoms with E-state index in [0.29, 0.717) is 25.9 Å². The Kier molecular flexibility index (Phi) is 8.20. The monoisotopic (exact) mass is 605 g/mol. The van der Waals surface area contributed by atoms with E-state index in [1.54, 1.807) is 18.5 Å². The molecular weight excluding hydrogens is 580 g/mol. The number of hydroxylamine groups is 2. The lowest BCUT2D eigenvalue weighted by molar-refractivity contribution is -0.235. The number of pyridine rings is 1. The summed E-state index contributed by atoms with van der Waals surface area (Å²) in [5, 5.41) is 0.0612. The van der Waals surface area contributed by atoms with Crippen LogP contribution in [0.2, 0.25) is 5.02 Å². The fraction of sp³-hybridized carbons (Fsp3) is 0.310. The number of amides is 2. The van der Waals surface area contributed by atoms with Crippen LogP contribution in [0.15, 0.2) is 67.0 Å². The van der Waals surface area contributed by atoms with Gasteiger partial charge in [0.05, 0.1) is 12.1 Å². The molecular formula is C29H26ClF4N4O4+. The molecule has 1 fully saturated rings. The molecule has 2 aliphatic rings. The lowest BCUT2D eigenvalue weighted by Crippen LogP contribution is -2.61. The van der Waals surface area contributed by atoms with E-state index in [1.807, 2.05) is 12.1 Å². The number of halogens is 5. The van der Waals surface area contributed by atoms with Gasteiger partial charge in [-0.05, 0) is 47.8 Å². The summed E-state index contributed by atoms with van der Waals surface area (Å²) < 4.78 is 54.0. The summed E-state index contributed by atoms with van der Waals surface area (Å²) in [7, 11) is 0. The molecule has 0 N–H and O–H groups in total. The quantitative estimate of drug-likeness (QED) is 0.290. The third-order valence-corrected chi connectivity index (χ3v) is 7.78. The Bertz CT molecular complexity index is 1500. The Morgan fingerprint density at radius 1 is 1.02 bits per heavy atom. The molecule has 2 aliphatic heterocycles. The molecule has 0 aliphatic carbocycles. The molecule has 1 saturated heterocycles. The zero-order chi connectivity index (χ0) is 30.1. The molecule has 1 unspecified atom stereocenters. The summed E-state index contributed by atoms with van der Waals surface area (Å²) in [6.45, 7) is -0.112. The van der Waals surface area contributed by atoms with E-state index in [2.05, 4.69) is 9.88 Å². The molecule has 0 bridgehead atoms. The number of carbonyl (C=O) groups excluding carboxylic acids is 3. The molecule has 3 heterocycles. The number of rotatable bonds is 5. The van der Waals surface area contributed by atoms with E-state index >= 15 is 0 Å². The number of benzene rings is 2. The lowest BCUT2D eigenvalue weighted by Gasteiger charge is -2.38. The summed E-state index contributed by atoms with van der Waals surface area (Å²) in [5.41, 5.74) is 0.884. The van der Waals surface area contributed by atoms with Gasteiger partial charge in [-0.25, -0.2) is 14.0 Å². The van der Waals surface area contributed by atoms with E-state index in [-0.39, 0.29) is 40.8 Å². The zero-order valence-electron chi connectivity index (χ0n) is 22.2. The van der Waals surface area contributed by atoms with Crippen LogP contribution in [0.5, 0.6) is 0 Å².